The molecule has 0 fully saturated rings. The molecule has 1 rings (SSSR count). The molecule has 0 unspecified atom stereocenters. The summed E-state index contributed by atoms with van der Waals surface area (Å²) in [5.41, 5.74) is 1.04. The maximum Gasteiger partial charge on any atom is 0.407 e. The molecule has 5 heteroatoms. The van der Waals surface area contributed by atoms with Crippen molar-refractivity contribution in [2.75, 3.05) is 19.8 Å². The average molecular weight is 265 g/mol. The van der Waals surface area contributed by atoms with Crippen molar-refractivity contribution in [1.29, 1.82) is 0 Å². The number of hydrogen-bond donors (Lipinski definition) is 2. The Labute approximate surface area is 112 Å². The molecule has 104 valence electrons. The second kappa shape index (κ2) is 9.13. The monoisotopic (exact) mass is 265 g/mol. The fourth-order valence-electron chi connectivity index (χ4n) is 1.38. The third kappa shape index (κ3) is 6.59. The van der Waals surface area contributed by atoms with Crippen LogP contribution in [0.3, 0.4) is 0 Å². The number of benzene rings is 1. The number of alkyl carbamates (subject to hydrolysis) is 1. The summed E-state index contributed by atoms with van der Waals surface area (Å²) in [7, 11) is 0. The van der Waals surface area contributed by atoms with Crippen LogP contribution in [-0.4, -0.2) is 37.1 Å². The maximum absolute atomic E-state index is 11.3. The minimum Gasteiger partial charge on any atom is -0.445 e. The number of carbonyl (C=O) groups excluding carboxylic acids is 1. The van der Waals surface area contributed by atoms with E-state index in [9.17, 15) is 4.79 Å². The average Bonchev–Trinajstić information content (AvgIpc) is 2.45. The van der Waals surface area contributed by atoms with Gasteiger partial charge >= 0.3 is 6.09 Å². The third-order valence-corrected chi connectivity index (χ3v) is 2.31. The molecule has 0 saturated carbocycles. The highest BCUT2D eigenvalue weighted by molar-refractivity contribution is 5.67. The number of hydrogen-bond acceptors (Lipinski definition) is 4. The molecule has 1 aromatic carbocycles. The lowest BCUT2D eigenvalue weighted by Crippen LogP contribution is -2.41. The van der Waals surface area contributed by atoms with Crippen LogP contribution in [0.2, 0.25) is 0 Å². The molecule has 1 amide bonds. The molecule has 0 aliphatic rings. The molecule has 0 aromatic heterocycles. The van der Waals surface area contributed by atoms with Crippen molar-refractivity contribution in [3.63, 3.8) is 0 Å². The molecule has 0 aliphatic carbocycles. The largest absolute Gasteiger partial charge is 0.445 e. The number of amides is 1. The number of aliphatic hydroxyl groups excluding tert-OH is 1. The van der Waals surface area contributed by atoms with Crippen molar-refractivity contribution in [1.82, 2.24) is 5.32 Å². The lowest BCUT2D eigenvalue weighted by Gasteiger charge is -2.16. The van der Waals surface area contributed by atoms with Gasteiger partial charge in [0.1, 0.15) is 6.61 Å². The highest BCUT2D eigenvalue weighted by Gasteiger charge is 2.11. The Kier molecular flexibility index (Phi) is 7.31. The summed E-state index contributed by atoms with van der Waals surface area (Å²) < 4.78 is 10.2. The van der Waals surface area contributed by atoms with Gasteiger partial charge in [-0.15, -0.1) is 0 Å². The van der Waals surface area contributed by atoms with E-state index in [1.165, 1.54) is 6.08 Å². The fraction of sp³-hybridized carbons (Fsp3) is 0.357. The lowest BCUT2D eigenvalue weighted by atomic mass is 10.2. The topological polar surface area (TPSA) is 67.8 Å². The van der Waals surface area contributed by atoms with Crippen LogP contribution in [-0.2, 0) is 16.1 Å². The molecule has 0 aliphatic heterocycles. The minimum atomic E-state index is -0.595. The fourth-order valence-corrected chi connectivity index (χ4v) is 1.38. The maximum atomic E-state index is 11.3. The first-order valence-corrected chi connectivity index (χ1v) is 6.03. The summed E-state index contributed by atoms with van der Waals surface area (Å²) in [5, 5.41) is 11.6. The molecular formula is C14H19NO4. The number of aliphatic hydroxyl groups is 1. The second-order valence-electron chi connectivity index (χ2n) is 3.91. The number of carbonyl (C=O) groups is 1. The van der Waals surface area contributed by atoms with Gasteiger partial charge in [-0.1, -0.05) is 43.0 Å². The van der Waals surface area contributed by atoms with Crippen molar-refractivity contribution < 1.29 is 19.4 Å². The molecule has 0 saturated heterocycles. The highest BCUT2D eigenvalue weighted by atomic mass is 16.5. The van der Waals surface area contributed by atoms with Crippen molar-refractivity contribution in [2.45, 2.75) is 12.6 Å². The van der Waals surface area contributed by atoms with Gasteiger partial charge in [-0.25, -0.2) is 4.79 Å². The van der Waals surface area contributed by atoms with E-state index in [1.54, 1.807) is 0 Å². The summed E-state index contributed by atoms with van der Waals surface area (Å²) in [6, 6.07) is 9.18. The van der Waals surface area contributed by atoms with Crippen molar-refractivity contribution >= 4 is 6.09 Å². The van der Waals surface area contributed by atoms with Crippen LogP contribution < -0.4 is 5.32 Å². The van der Waals surface area contributed by atoms with E-state index in [0.717, 1.165) is 5.56 Å². The normalized spacial score (nSPS) is 11.6. The summed E-state index contributed by atoms with van der Waals surface area (Å²) in [6.45, 7) is 4.01. The molecular weight excluding hydrogens is 246 g/mol. The summed E-state index contributed by atoms with van der Waals surface area (Å²) in [4.78, 5) is 11.3. The Morgan fingerprint density at radius 2 is 2.16 bits per heavy atom. The van der Waals surface area contributed by atoms with Crippen LogP contribution in [0.5, 0.6) is 0 Å². The van der Waals surface area contributed by atoms with E-state index in [0.29, 0.717) is 6.61 Å². The van der Waals surface area contributed by atoms with Gasteiger partial charge < -0.3 is 19.9 Å². The molecule has 0 spiro atoms. The Morgan fingerprint density at radius 1 is 1.42 bits per heavy atom. The summed E-state index contributed by atoms with van der Waals surface area (Å²) >= 11 is 0. The zero-order valence-corrected chi connectivity index (χ0v) is 10.7. The molecule has 1 atom stereocenters. The smallest absolute Gasteiger partial charge is 0.407 e. The number of ether oxygens (including phenoxy) is 2. The van der Waals surface area contributed by atoms with Crippen molar-refractivity contribution in [3.05, 3.63) is 48.6 Å². The predicted octanol–water partition coefficient (Wildman–Crippen LogP) is 1.48. The third-order valence-electron chi connectivity index (χ3n) is 2.31. The number of rotatable bonds is 8. The first-order valence-electron chi connectivity index (χ1n) is 6.03. The SMILES string of the molecule is C=CCOC(=O)N[C@H](CO)COCc1ccccc1. The van der Waals surface area contributed by atoms with Crippen molar-refractivity contribution in [2.24, 2.45) is 0 Å². The van der Waals surface area contributed by atoms with Gasteiger partial charge in [0, 0.05) is 0 Å². The van der Waals surface area contributed by atoms with Gasteiger partial charge in [0.15, 0.2) is 0 Å². The molecule has 19 heavy (non-hydrogen) atoms. The molecule has 2 N–H and O–H groups in total. The van der Waals surface area contributed by atoms with Crippen molar-refractivity contribution in [3.8, 4) is 0 Å². The zero-order chi connectivity index (χ0) is 13.9. The highest BCUT2D eigenvalue weighted by Crippen LogP contribution is 2.01. The Morgan fingerprint density at radius 3 is 2.79 bits per heavy atom. The summed E-state index contributed by atoms with van der Waals surface area (Å²) in [5.74, 6) is 0. The van der Waals surface area contributed by atoms with Crippen LogP contribution in [0.1, 0.15) is 5.56 Å². The molecule has 0 bridgehead atoms. The Hall–Kier alpha value is -1.85. The van der Waals surface area contributed by atoms with Gasteiger partial charge in [-0.3, -0.25) is 0 Å². The van der Waals surface area contributed by atoms with E-state index < -0.39 is 12.1 Å². The first kappa shape index (κ1) is 15.2. The van der Waals surface area contributed by atoms with Crippen LogP contribution in [0.4, 0.5) is 4.79 Å². The molecule has 5 nitrogen and oxygen atoms in total. The van der Waals surface area contributed by atoms with E-state index in [4.69, 9.17) is 14.6 Å². The number of nitrogens with one attached hydrogen (secondary N) is 1. The van der Waals surface area contributed by atoms with E-state index in [1.807, 2.05) is 30.3 Å². The Balaban J connectivity index is 2.24. The standard InChI is InChI=1S/C14H19NO4/c1-2-8-19-14(17)15-13(9-16)11-18-10-12-6-4-3-5-7-12/h2-7,13,16H,1,8-11H2,(H,15,17)/t13-/m1/s1. The van der Waals surface area contributed by atoms with Gasteiger partial charge in [-0.05, 0) is 5.56 Å². The second-order valence-corrected chi connectivity index (χ2v) is 3.91. The zero-order valence-electron chi connectivity index (χ0n) is 10.7. The Bertz CT molecular complexity index is 380. The van der Waals surface area contributed by atoms with E-state index >= 15 is 0 Å². The van der Waals surface area contributed by atoms with E-state index in [2.05, 4.69) is 11.9 Å². The molecule has 1 aromatic rings. The predicted molar refractivity (Wildman–Crippen MR) is 71.7 cm³/mol. The van der Waals surface area contributed by atoms with Gasteiger partial charge in [0.25, 0.3) is 0 Å². The quantitative estimate of drug-likeness (QED) is 0.699. The van der Waals surface area contributed by atoms with Crippen LogP contribution in [0, 0.1) is 0 Å². The first-order chi connectivity index (χ1) is 9.26. The minimum absolute atomic E-state index is 0.134. The van der Waals surface area contributed by atoms with Crippen LogP contribution in [0.25, 0.3) is 0 Å². The van der Waals surface area contributed by atoms with E-state index in [-0.39, 0.29) is 19.8 Å². The van der Waals surface area contributed by atoms with Gasteiger partial charge in [-0.2, -0.15) is 0 Å². The summed E-state index contributed by atoms with van der Waals surface area (Å²) in [6.07, 6.45) is 0.877. The van der Waals surface area contributed by atoms with Crippen LogP contribution >= 0.6 is 0 Å². The van der Waals surface area contributed by atoms with Gasteiger partial charge in [0.2, 0.25) is 0 Å². The lowest BCUT2D eigenvalue weighted by molar-refractivity contribution is 0.0734. The van der Waals surface area contributed by atoms with Gasteiger partial charge in [0.05, 0.1) is 25.9 Å². The van der Waals surface area contributed by atoms with Crippen LogP contribution in [0.15, 0.2) is 43.0 Å². The molecule has 0 radical (unpaired) electrons. The molecule has 0 heterocycles.